The molecule has 0 aliphatic rings. The van der Waals surface area contributed by atoms with Crippen molar-refractivity contribution in [1.29, 1.82) is 0 Å². The van der Waals surface area contributed by atoms with Crippen molar-refractivity contribution < 1.29 is 4.79 Å². The number of amides is 1. The maximum atomic E-state index is 12.4. The van der Waals surface area contributed by atoms with Crippen LogP contribution in [0.3, 0.4) is 0 Å². The summed E-state index contributed by atoms with van der Waals surface area (Å²) < 4.78 is 1.88. The molecule has 0 radical (unpaired) electrons. The molecule has 0 bridgehead atoms. The summed E-state index contributed by atoms with van der Waals surface area (Å²) in [6, 6.07) is 19.7. The number of benzene rings is 2. The Kier molecular flexibility index (Phi) is 8.00. The number of nitrogens with two attached hydrogens (primary N) is 1. The molecule has 0 unspecified atom stereocenters. The predicted octanol–water partition coefficient (Wildman–Crippen LogP) is 5.57. The van der Waals surface area contributed by atoms with Gasteiger partial charge in [-0.1, -0.05) is 60.9 Å². The van der Waals surface area contributed by atoms with Crippen LogP contribution in [-0.4, -0.2) is 25.9 Å². The van der Waals surface area contributed by atoms with Crippen LogP contribution in [0.1, 0.15) is 38.5 Å². The number of nitrogen functional groups attached to an aromatic ring is 1. The summed E-state index contributed by atoms with van der Waals surface area (Å²) in [4.78, 5) is 16.5. The van der Waals surface area contributed by atoms with Gasteiger partial charge in [0.25, 0.3) is 0 Å². The number of rotatable bonds is 11. The van der Waals surface area contributed by atoms with Crippen LogP contribution in [0.2, 0.25) is 0 Å². The third-order valence-electron chi connectivity index (χ3n) is 5.72. The smallest absolute Gasteiger partial charge is 0.224 e. The van der Waals surface area contributed by atoms with Crippen molar-refractivity contribution in [3.05, 3.63) is 79.3 Å². The Bertz CT molecular complexity index is 1190. The van der Waals surface area contributed by atoms with Crippen molar-refractivity contribution in [2.24, 2.45) is 0 Å². The van der Waals surface area contributed by atoms with Crippen LogP contribution < -0.4 is 11.1 Å². The van der Waals surface area contributed by atoms with Crippen LogP contribution in [0.5, 0.6) is 0 Å². The molecule has 2 aromatic carbocycles. The lowest BCUT2D eigenvalue weighted by molar-refractivity contribution is -0.116. The molecule has 0 saturated carbocycles. The summed E-state index contributed by atoms with van der Waals surface area (Å²) >= 11 is 0. The van der Waals surface area contributed by atoms with E-state index in [0.29, 0.717) is 17.8 Å². The number of hydrogen-bond acceptors (Lipinski definition) is 5. The van der Waals surface area contributed by atoms with Crippen molar-refractivity contribution in [1.82, 2.24) is 20.0 Å². The minimum Gasteiger partial charge on any atom is -0.397 e. The standard InChI is InChI=1S/C27H30N6O/c28-24-15-14-22(21-10-5-4-6-11-21)18-25(24)30-27(34)13-7-2-1-3-8-17-33-20-26(31-32-33)23-12-9-16-29-19-23/h4-6,9-12,14-16,18-20H,1-3,7-8,13,17,28H2,(H,30,34). The zero-order valence-electron chi connectivity index (χ0n) is 19.2. The van der Waals surface area contributed by atoms with Gasteiger partial charge >= 0.3 is 0 Å². The number of pyridine rings is 1. The molecule has 0 saturated heterocycles. The average molecular weight is 455 g/mol. The number of hydrogen-bond donors (Lipinski definition) is 2. The Labute approximate surface area is 200 Å². The molecule has 0 atom stereocenters. The third-order valence-corrected chi connectivity index (χ3v) is 5.72. The number of anilines is 2. The molecule has 0 aliphatic heterocycles. The number of carbonyl (C=O) groups excluding carboxylic acids is 1. The van der Waals surface area contributed by atoms with Gasteiger partial charge in [0, 0.05) is 30.9 Å². The van der Waals surface area contributed by atoms with Crippen molar-refractivity contribution in [3.63, 3.8) is 0 Å². The topological polar surface area (TPSA) is 98.7 Å². The molecule has 34 heavy (non-hydrogen) atoms. The van der Waals surface area contributed by atoms with Gasteiger partial charge in [-0.05, 0) is 48.2 Å². The number of aromatic nitrogens is 4. The molecule has 7 heteroatoms. The fourth-order valence-electron chi connectivity index (χ4n) is 3.83. The highest BCUT2D eigenvalue weighted by atomic mass is 16.1. The van der Waals surface area contributed by atoms with Crippen LogP contribution in [0.4, 0.5) is 11.4 Å². The van der Waals surface area contributed by atoms with E-state index >= 15 is 0 Å². The zero-order chi connectivity index (χ0) is 23.6. The van der Waals surface area contributed by atoms with Gasteiger partial charge in [0.1, 0.15) is 5.69 Å². The molecule has 3 N–H and O–H groups in total. The summed E-state index contributed by atoms with van der Waals surface area (Å²) in [5.41, 5.74) is 11.3. The SMILES string of the molecule is Nc1ccc(-c2ccccc2)cc1NC(=O)CCCCCCCn1cc(-c2cccnc2)nn1. The summed E-state index contributed by atoms with van der Waals surface area (Å²) in [5, 5.41) is 11.4. The van der Waals surface area contributed by atoms with E-state index in [1.54, 1.807) is 12.4 Å². The van der Waals surface area contributed by atoms with E-state index in [2.05, 4.69) is 20.6 Å². The van der Waals surface area contributed by atoms with Crippen molar-refractivity contribution in [3.8, 4) is 22.4 Å². The van der Waals surface area contributed by atoms with Crippen molar-refractivity contribution >= 4 is 17.3 Å². The Morgan fingerprint density at radius 3 is 2.50 bits per heavy atom. The highest BCUT2D eigenvalue weighted by molar-refractivity contribution is 5.95. The summed E-state index contributed by atoms with van der Waals surface area (Å²) in [7, 11) is 0. The molecule has 2 aromatic heterocycles. The van der Waals surface area contributed by atoms with Gasteiger partial charge in [-0.3, -0.25) is 14.5 Å². The fraction of sp³-hybridized carbons (Fsp3) is 0.259. The lowest BCUT2D eigenvalue weighted by atomic mass is 10.0. The lowest BCUT2D eigenvalue weighted by Crippen LogP contribution is -2.12. The number of nitrogens with zero attached hydrogens (tertiary/aromatic N) is 4. The monoisotopic (exact) mass is 454 g/mol. The maximum absolute atomic E-state index is 12.4. The van der Waals surface area contributed by atoms with Crippen LogP contribution >= 0.6 is 0 Å². The van der Waals surface area contributed by atoms with Crippen molar-refractivity contribution in [2.75, 3.05) is 11.1 Å². The first kappa shape index (κ1) is 23.2. The molecular formula is C27H30N6O. The zero-order valence-corrected chi connectivity index (χ0v) is 19.2. The Balaban J connectivity index is 1.14. The number of carbonyl (C=O) groups is 1. The Morgan fingerprint density at radius 1 is 0.882 bits per heavy atom. The second-order valence-electron chi connectivity index (χ2n) is 8.34. The van der Waals surface area contributed by atoms with Crippen LogP contribution in [0.25, 0.3) is 22.4 Å². The lowest BCUT2D eigenvalue weighted by Gasteiger charge is -2.11. The molecule has 1 amide bonds. The van der Waals surface area contributed by atoms with Crippen LogP contribution in [-0.2, 0) is 11.3 Å². The summed E-state index contributed by atoms with van der Waals surface area (Å²) in [6.07, 6.45) is 11.1. The molecule has 174 valence electrons. The molecular weight excluding hydrogens is 424 g/mol. The average Bonchev–Trinajstić information content (AvgIpc) is 3.35. The first-order chi connectivity index (χ1) is 16.7. The van der Waals surface area contributed by atoms with E-state index in [0.717, 1.165) is 61.0 Å². The van der Waals surface area contributed by atoms with E-state index in [4.69, 9.17) is 5.73 Å². The van der Waals surface area contributed by atoms with Crippen LogP contribution in [0, 0.1) is 0 Å². The highest BCUT2D eigenvalue weighted by Crippen LogP contribution is 2.27. The first-order valence-electron chi connectivity index (χ1n) is 11.7. The van der Waals surface area contributed by atoms with E-state index < -0.39 is 0 Å². The van der Waals surface area contributed by atoms with E-state index in [1.165, 1.54) is 0 Å². The van der Waals surface area contributed by atoms with Gasteiger partial charge < -0.3 is 11.1 Å². The minimum absolute atomic E-state index is 0.00228. The van der Waals surface area contributed by atoms with Gasteiger partial charge in [-0.25, -0.2) is 0 Å². The van der Waals surface area contributed by atoms with Crippen LogP contribution in [0.15, 0.2) is 79.3 Å². The third kappa shape index (κ3) is 6.51. The van der Waals surface area contributed by atoms with E-state index in [1.807, 2.05) is 71.5 Å². The molecule has 4 aromatic rings. The van der Waals surface area contributed by atoms with Crippen molar-refractivity contribution in [2.45, 2.75) is 45.1 Å². The van der Waals surface area contributed by atoms with Gasteiger partial charge in [0.15, 0.2) is 0 Å². The largest absolute Gasteiger partial charge is 0.397 e. The summed E-state index contributed by atoms with van der Waals surface area (Å²) in [6.45, 7) is 0.838. The minimum atomic E-state index is 0.00228. The van der Waals surface area contributed by atoms with Gasteiger partial charge in [-0.15, -0.1) is 5.10 Å². The van der Waals surface area contributed by atoms with Gasteiger partial charge in [0.2, 0.25) is 5.91 Å². The predicted molar refractivity (Wildman–Crippen MR) is 136 cm³/mol. The molecule has 0 spiro atoms. The molecule has 0 aliphatic carbocycles. The molecule has 7 nitrogen and oxygen atoms in total. The van der Waals surface area contributed by atoms with E-state index in [9.17, 15) is 4.79 Å². The van der Waals surface area contributed by atoms with Gasteiger partial charge in [0.05, 0.1) is 17.6 Å². The normalized spacial score (nSPS) is 10.8. The number of unbranched alkanes of at least 4 members (excludes halogenated alkanes) is 4. The second-order valence-corrected chi connectivity index (χ2v) is 8.34. The van der Waals surface area contributed by atoms with Gasteiger partial charge in [-0.2, -0.15) is 0 Å². The molecule has 0 fully saturated rings. The quantitative estimate of drug-likeness (QED) is 0.228. The fourth-order valence-corrected chi connectivity index (χ4v) is 3.83. The summed E-state index contributed by atoms with van der Waals surface area (Å²) in [5.74, 6) is 0.00228. The Morgan fingerprint density at radius 2 is 1.68 bits per heavy atom. The maximum Gasteiger partial charge on any atom is 0.224 e. The van der Waals surface area contributed by atoms with E-state index in [-0.39, 0.29) is 5.91 Å². The first-order valence-corrected chi connectivity index (χ1v) is 11.7. The highest BCUT2D eigenvalue weighted by Gasteiger charge is 2.08. The molecule has 2 heterocycles. The second kappa shape index (κ2) is 11.7. The molecule has 4 rings (SSSR count). The Hall–Kier alpha value is -4.00. The number of aryl methyl sites for hydroxylation is 1. The number of nitrogens with one attached hydrogen (secondary N) is 1.